The van der Waals surface area contributed by atoms with Crippen molar-refractivity contribution in [3.05, 3.63) is 82.0 Å². The molecule has 0 aliphatic carbocycles. The first kappa shape index (κ1) is 21.5. The van der Waals surface area contributed by atoms with Crippen molar-refractivity contribution in [1.29, 1.82) is 0 Å². The largest absolute Gasteiger partial charge is 0.336 e. The Hall–Kier alpha value is -3.16. The summed E-state index contributed by atoms with van der Waals surface area (Å²) in [6.45, 7) is 2.37. The molecule has 0 spiro atoms. The van der Waals surface area contributed by atoms with Gasteiger partial charge in [-0.1, -0.05) is 24.3 Å². The summed E-state index contributed by atoms with van der Waals surface area (Å²) in [5.74, 6) is -0.227. The summed E-state index contributed by atoms with van der Waals surface area (Å²) in [6.07, 6.45) is 0. The van der Waals surface area contributed by atoms with E-state index >= 15 is 0 Å². The minimum atomic E-state index is -0.305. The van der Waals surface area contributed by atoms with Crippen LogP contribution in [0.1, 0.15) is 27.5 Å². The number of amides is 3. The Bertz CT molecular complexity index is 988. The topological polar surface area (TPSA) is 73.5 Å². The maximum atomic E-state index is 12.5. The van der Waals surface area contributed by atoms with E-state index in [0.29, 0.717) is 17.8 Å². The van der Waals surface area contributed by atoms with E-state index in [2.05, 4.69) is 32.3 Å². The number of nitrogens with zero attached hydrogens (tertiary/aromatic N) is 1. The Kier molecular flexibility index (Phi) is 7.21. The third kappa shape index (κ3) is 5.68. The SMILES string of the molecule is Cc1ccc(C(=O)Nc2ccccc2)cc1NC(=O)NCC(c1ccsc1)N(C)C. The number of anilines is 2. The van der Waals surface area contributed by atoms with E-state index in [1.54, 1.807) is 23.5 Å². The molecule has 156 valence electrons. The number of para-hydroxylation sites is 1. The Balaban J connectivity index is 1.63. The Labute approximate surface area is 180 Å². The molecule has 1 aromatic heterocycles. The molecule has 0 fully saturated rings. The molecule has 1 atom stereocenters. The normalized spacial score (nSPS) is 11.7. The summed E-state index contributed by atoms with van der Waals surface area (Å²) in [7, 11) is 3.97. The molecule has 0 saturated heterocycles. The van der Waals surface area contributed by atoms with Gasteiger partial charge in [0.05, 0.1) is 6.04 Å². The quantitative estimate of drug-likeness (QED) is 0.515. The van der Waals surface area contributed by atoms with Crippen LogP contribution >= 0.6 is 11.3 Å². The standard InChI is InChI=1S/C23H26N4O2S/c1-16-9-10-17(22(28)25-19-7-5-4-6-8-19)13-20(16)26-23(29)24-14-21(27(2)3)18-11-12-30-15-18/h4-13,15,21H,14H2,1-3H3,(H,25,28)(H2,24,26,29). The van der Waals surface area contributed by atoms with Gasteiger partial charge in [0.15, 0.2) is 0 Å². The molecule has 7 heteroatoms. The Morgan fingerprint density at radius 3 is 2.47 bits per heavy atom. The number of aryl methyl sites for hydroxylation is 1. The number of carbonyl (C=O) groups is 2. The first-order chi connectivity index (χ1) is 14.4. The summed E-state index contributed by atoms with van der Waals surface area (Å²) in [6, 6.07) is 16.4. The number of hydrogen-bond donors (Lipinski definition) is 3. The van der Waals surface area contributed by atoms with Gasteiger partial charge in [-0.05, 0) is 73.2 Å². The lowest BCUT2D eigenvalue weighted by atomic mass is 10.1. The molecule has 3 N–H and O–H groups in total. The van der Waals surface area contributed by atoms with Gasteiger partial charge in [-0.15, -0.1) is 0 Å². The van der Waals surface area contributed by atoms with Crippen LogP contribution in [0, 0.1) is 6.92 Å². The molecule has 1 heterocycles. The van der Waals surface area contributed by atoms with Crippen LogP contribution in [0.15, 0.2) is 65.4 Å². The number of likely N-dealkylation sites (N-methyl/N-ethyl adjacent to an activating group) is 1. The fourth-order valence-corrected chi connectivity index (χ4v) is 3.75. The fraction of sp³-hybridized carbons (Fsp3) is 0.217. The van der Waals surface area contributed by atoms with Gasteiger partial charge < -0.3 is 20.9 Å². The molecule has 6 nitrogen and oxygen atoms in total. The smallest absolute Gasteiger partial charge is 0.319 e. The van der Waals surface area contributed by atoms with Gasteiger partial charge in [-0.2, -0.15) is 11.3 Å². The lowest BCUT2D eigenvalue weighted by molar-refractivity contribution is 0.102. The number of rotatable bonds is 7. The van der Waals surface area contributed by atoms with Gasteiger partial charge in [0.2, 0.25) is 0 Å². The van der Waals surface area contributed by atoms with Gasteiger partial charge in [-0.3, -0.25) is 4.79 Å². The van der Waals surface area contributed by atoms with Gasteiger partial charge in [0, 0.05) is 23.5 Å². The van der Waals surface area contributed by atoms with E-state index in [-0.39, 0.29) is 18.0 Å². The van der Waals surface area contributed by atoms with Crippen molar-refractivity contribution in [3.63, 3.8) is 0 Å². The van der Waals surface area contributed by atoms with Crippen LogP contribution in [0.2, 0.25) is 0 Å². The van der Waals surface area contributed by atoms with Crippen LogP contribution in [-0.4, -0.2) is 37.5 Å². The molecular weight excluding hydrogens is 396 g/mol. The van der Waals surface area contributed by atoms with E-state index in [4.69, 9.17) is 0 Å². The molecule has 3 aromatic rings. The van der Waals surface area contributed by atoms with Gasteiger partial charge in [-0.25, -0.2) is 4.79 Å². The van der Waals surface area contributed by atoms with E-state index < -0.39 is 0 Å². The van der Waals surface area contributed by atoms with Crippen LogP contribution in [0.5, 0.6) is 0 Å². The molecule has 2 aromatic carbocycles. The summed E-state index contributed by atoms with van der Waals surface area (Å²) in [5, 5.41) is 12.8. The van der Waals surface area contributed by atoms with Crippen LogP contribution in [-0.2, 0) is 0 Å². The average molecular weight is 423 g/mol. The molecule has 3 rings (SSSR count). The molecule has 3 amide bonds. The summed E-state index contributed by atoms with van der Waals surface area (Å²) in [5.41, 5.74) is 3.84. The number of hydrogen-bond acceptors (Lipinski definition) is 4. The number of nitrogens with one attached hydrogen (secondary N) is 3. The van der Waals surface area contributed by atoms with Crippen LogP contribution in [0.25, 0.3) is 0 Å². The van der Waals surface area contributed by atoms with Crippen LogP contribution in [0.4, 0.5) is 16.2 Å². The minimum Gasteiger partial charge on any atom is -0.336 e. The van der Waals surface area contributed by atoms with Crippen molar-refractivity contribution in [1.82, 2.24) is 10.2 Å². The fourth-order valence-electron chi connectivity index (χ4n) is 3.04. The van der Waals surface area contributed by atoms with Gasteiger partial charge >= 0.3 is 6.03 Å². The van der Waals surface area contributed by atoms with Crippen molar-refractivity contribution >= 4 is 34.6 Å². The Morgan fingerprint density at radius 1 is 1.03 bits per heavy atom. The lowest BCUT2D eigenvalue weighted by Crippen LogP contribution is -2.36. The molecule has 0 bridgehead atoms. The van der Waals surface area contributed by atoms with E-state index in [0.717, 1.165) is 11.3 Å². The third-order valence-corrected chi connectivity index (χ3v) is 5.49. The van der Waals surface area contributed by atoms with Crippen molar-refractivity contribution in [2.75, 3.05) is 31.3 Å². The minimum absolute atomic E-state index is 0.0890. The summed E-state index contributed by atoms with van der Waals surface area (Å²) in [4.78, 5) is 27.1. The number of carbonyl (C=O) groups excluding carboxylic acids is 2. The van der Waals surface area contributed by atoms with Gasteiger partial charge in [0.25, 0.3) is 5.91 Å². The summed E-state index contributed by atoms with van der Waals surface area (Å²) < 4.78 is 0. The van der Waals surface area contributed by atoms with Crippen molar-refractivity contribution < 1.29 is 9.59 Å². The predicted octanol–water partition coefficient (Wildman–Crippen LogP) is 4.73. The van der Waals surface area contributed by atoms with E-state index in [1.807, 2.05) is 62.8 Å². The Morgan fingerprint density at radius 2 is 1.80 bits per heavy atom. The average Bonchev–Trinajstić information content (AvgIpc) is 3.24. The highest BCUT2D eigenvalue weighted by Gasteiger charge is 2.16. The number of benzene rings is 2. The molecule has 0 aliphatic rings. The molecule has 1 unspecified atom stereocenters. The maximum absolute atomic E-state index is 12.5. The molecular formula is C23H26N4O2S. The second kappa shape index (κ2) is 10.0. The third-order valence-electron chi connectivity index (χ3n) is 4.79. The first-order valence-electron chi connectivity index (χ1n) is 9.64. The molecule has 0 radical (unpaired) electrons. The molecule has 0 aliphatic heterocycles. The van der Waals surface area contributed by atoms with Crippen molar-refractivity contribution in [2.45, 2.75) is 13.0 Å². The van der Waals surface area contributed by atoms with Crippen LogP contribution in [0.3, 0.4) is 0 Å². The van der Waals surface area contributed by atoms with Crippen LogP contribution < -0.4 is 16.0 Å². The first-order valence-corrected chi connectivity index (χ1v) is 10.6. The zero-order valence-corrected chi connectivity index (χ0v) is 18.1. The monoisotopic (exact) mass is 422 g/mol. The summed E-state index contributed by atoms with van der Waals surface area (Å²) >= 11 is 1.64. The number of urea groups is 1. The zero-order valence-electron chi connectivity index (χ0n) is 17.3. The highest BCUT2D eigenvalue weighted by atomic mass is 32.1. The van der Waals surface area contributed by atoms with Crippen molar-refractivity contribution in [2.24, 2.45) is 0 Å². The maximum Gasteiger partial charge on any atom is 0.319 e. The van der Waals surface area contributed by atoms with Crippen molar-refractivity contribution in [3.8, 4) is 0 Å². The van der Waals surface area contributed by atoms with E-state index in [9.17, 15) is 9.59 Å². The zero-order chi connectivity index (χ0) is 21.5. The predicted molar refractivity (Wildman–Crippen MR) is 123 cm³/mol. The molecule has 30 heavy (non-hydrogen) atoms. The lowest BCUT2D eigenvalue weighted by Gasteiger charge is -2.24. The van der Waals surface area contributed by atoms with E-state index in [1.165, 1.54) is 5.56 Å². The molecule has 0 saturated carbocycles. The second-order valence-electron chi connectivity index (χ2n) is 7.22. The second-order valence-corrected chi connectivity index (χ2v) is 8.00. The highest BCUT2D eigenvalue weighted by molar-refractivity contribution is 7.08. The van der Waals surface area contributed by atoms with Gasteiger partial charge in [0.1, 0.15) is 0 Å². The highest BCUT2D eigenvalue weighted by Crippen LogP contribution is 2.21. The number of thiophene rings is 1.